The summed E-state index contributed by atoms with van der Waals surface area (Å²) in [5.74, 6) is -0.531. The molecule has 2 rings (SSSR count). The zero-order valence-electron chi connectivity index (χ0n) is 17.0. The van der Waals surface area contributed by atoms with Gasteiger partial charge in [0.05, 0.1) is 11.5 Å². The maximum Gasteiger partial charge on any atom is 0.331 e. The fourth-order valence-electron chi connectivity index (χ4n) is 2.33. The van der Waals surface area contributed by atoms with Gasteiger partial charge in [0.1, 0.15) is 5.75 Å². The van der Waals surface area contributed by atoms with Gasteiger partial charge in [0, 0.05) is 25.9 Å². The summed E-state index contributed by atoms with van der Waals surface area (Å²) < 4.78 is 35.6. The van der Waals surface area contributed by atoms with Gasteiger partial charge in [-0.05, 0) is 48.9 Å². The molecule has 0 aliphatic rings. The number of sulfonamides is 1. The maximum absolute atomic E-state index is 12.2. The molecule has 0 aliphatic heterocycles. The van der Waals surface area contributed by atoms with Gasteiger partial charge < -0.3 is 14.8 Å². The van der Waals surface area contributed by atoms with E-state index in [1.54, 1.807) is 36.4 Å². The maximum atomic E-state index is 12.2. The number of anilines is 1. The molecule has 30 heavy (non-hydrogen) atoms. The van der Waals surface area contributed by atoms with Gasteiger partial charge in [-0.1, -0.05) is 18.2 Å². The van der Waals surface area contributed by atoms with Crippen LogP contribution >= 0.6 is 0 Å². The molecule has 0 bridgehead atoms. The van der Waals surface area contributed by atoms with Crippen molar-refractivity contribution >= 4 is 33.7 Å². The minimum absolute atomic E-state index is 0.0422. The van der Waals surface area contributed by atoms with Gasteiger partial charge in [-0.25, -0.2) is 17.5 Å². The van der Waals surface area contributed by atoms with Crippen LogP contribution in [0.1, 0.15) is 12.5 Å². The standard InChI is InChI=1S/C21H24N2O6S/c1-4-28-18-11-8-16(9-12-18)10-13-21(25)29-15-20(24)22-17-6-5-7-19(14-17)30(26,27)23(2)3/h5-14H,4,15H2,1-3H3,(H,22,24)/b13-10+. The Morgan fingerprint density at radius 3 is 2.43 bits per heavy atom. The number of hydrogen-bond donors (Lipinski definition) is 1. The van der Waals surface area contributed by atoms with Gasteiger partial charge in [0.25, 0.3) is 5.91 Å². The first kappa shape index (κ1) is 23.1. The van der Waals surface area contributed by atoms with E-state index >= 15 is 0 Å². The second-order valence-corrected chi connectivity index (χ2v) is 8.46. The average molecular weight is 432 g/mol. The predicted molar refractivity (Wildman–Crippen MR) is 114 cm³/mol. The molecular weight excluding hydrogens is 408 g/mol. The third kappa shape index (κ3) is 6.71. The summed E-state index contributed by atoms with van der Waals surface area (Å²) in [5.41, 5.74) is 1.06. The number of amides is 1. The van der Waals surface area contributed by atoms with Gasteiger partial charge in [-0.15, -0.1) is 0 Å². The Bertz CT molecular complexity index is 1010. The first-order chi connectivity index (χ1) is 14.2. The van der Waals surface area contributed by atoms with Crippen LogP contribution in [0.25, 0.3) is 6.08 Å². The Morgan fingerprint density at radius 2 is 1.80 bits per heavy atom. The van der Waals surface area contributed by atoms with Crippen LogP contribution in [0.2, 0.25) is 0 Å². The molecule has 2 aromatic carbocycles. The van der Waals surface area contributed by atoms with Gasteiger partial charge in [0.2, 0.25) is 10.0 Å². The van der Waals surface area contributed by atoms with Crippen LogP contribution in [0, 0.1) is 0 Å². The van der Waals surface area contributed by atoms with Crippen molar-refractivity contribution in [2.75, 3.05) is 32.6 Å². The van der Waals surface area contributed by atoms with Crippen molar-refractivity contribution in [1.82, 2.24) is 4.31 Å². The van der Waals surface area contributed by atoms with E-state index in [0.717, 1.165) is 15.6 Å². The Hall–Kier alpha value is -3.17. The minimum Gasteiger partial charge on any atom is -0.494 e. The number of carbonyl (C=O) groups is 2. The largest absolute Gasteiger partial charge is 0.494 e. The summed E-state index contributed by atoms with van der Waals surface area (Å²) in [7, 11) is -0.786. The number of esters is 1. The SMILES string of the molecule is CCOc1ccc(/C=C/C(=O)OCC(=O)Nc2cccc(S(=O)(=O)N(C)C)c2)cc1. The van der Waals surface area contributed by atoms with Crippen molar-refractivity contribution in [3.05, 3.63) is 60.2 Å². The van der Waals surface area contributed by atoms with Crippen molar-refractivity contribution in [3.8, 4) is 5.75 Å². The van der Waals surface area contributed by atoms with Crippen LogP contribution in [-0.4, -0.2) is 51.9 Å². The number of hydrogen-bond acceptors (Lipinski definition) is 6. The molecule has 160 valence electrons. The van der Waals surface area contributed by atoms with Gasteiger partial charge in [-0.2, -0.15) is 0 Å². The van der Waals surface area contributed by atoms with E-state index in [-0.39, 0.29) is 10.6 Å². The van der Waals surface area contributed by atoms with Gasteiger partial charge in [0.15, 0.2) is 6.61 Å². The second-order valence-electron chi connectivity index (χ2n) is 6.31. The highest BCUT2D eigenvalue weighted by molar-refractivity contribution is 7.89. The number of rotatable bonds is 9. The lowest BCUT2D eigenvalue weighted by Gasteiger charge is -2.12. The quantitative estimate of drug-likeness (QED) is 0.483. The fraction of sp³-hybridized carbons (Fsp3) is 0.238. The van der Waals surface area contributed by atoms with Crippen LogP contribution in [0.15, 0.2) is 59.5 Å². The molecule has 0 atom stereocenters. The summed E-state index contributed by atoms with van der Waals surface area (Å²) >= 11 is 0. The first-order valence-electron chi connectivity index (χ1n) is 9.12. The first-order valence-corrected chi connectivity index (χ1v) is 10.6. The number of benzene rings is 2. The third-order valence-electron chi connectivity index (χ3n) is 3.84. The summed E-state index contributed by atoms with van der Waals surface area (Å²) in [5, 5.41) is 2.50. The number of nitrogens with one attached hydrogen (secondary N) is 1. The van der Waals surface area contributed by atoms with Crippen molar-refractivity contribution in [3.63, 3.8) is 0 Å². The normalized spacial score (nSPS) is 11.5. The topological polar surface area (TPSA) is 102 Å². The number of ether oxygens (including phenoxy) is 2. The Balaban J connectivity index is 1.88. The predicted octanol–water partition coefficient (Wildman–Crippen LogP) is 2.53. The van der Waals surface area contributed by atoms with Gasteiger partial charge >= 0.3 is 5.97 Å². The Morgan fingerprint density at radius 1 is 1.10 bits per heavy atom. The van der Waals surface area contributed by atoms with Gasteiger partial charge in [-0.3, -0.25) is 4.79 Å². The molecule has 0 heterocycles. The van der Waals surface area contributed by atoms with E-state index in [2.05, 4.69) is 5.32 Å². The number of nitrogens with zero attached hydrogens (tertiary/aromatic N) is 1. The van der Waals surface area contributed by atoms with Crippen LogP contribution in [-0.2, 0) is 24.3 Å². The lowest BCUT2D eigenvalue weighted by Crippen LogP contribution is -2.23. The zero-order valence-corrected chi connectivity index (χ0v) is 17.8. The summed E-state index contributed by atoms with van der Waals surface area (Å²) in [6, 6.07) is 13.0. The molecule has 0 aromatic heterocycles. The third-order valence-corrected chi connectivity index (χ3v) is 5.66. The molecule has 0 aliphatic carbocycles. The molecule has 0 saturated heterocycles. The van der Waals surface area contributed by atoms with Crippen LogP contribution < -0.4 is 10.1 Å². The van der Waals surface area contributed by atoms with E-state index in [0.29, 0.717) is 6.61 Å². The molecule has 0 saturated carbocycles. The Labute approximate surface area is 176 Å². The lowest BCUT2D eigenvalue weighted by molar-refractivity contribution is -0.142. The molecule has 9 heteroatoms. The monoisotopic (exact) mass is 432 g/mol. The van der Waals surface area contributed by atoms with E-state index in [1.807, 2.05) is 6.92 Å². The Kier molecular flexibility index (Phi) is 8.14. The van der Waals surface area contributed by atoms with Crippen molar-refractivity contribution in [1.29, 1.82) is 0 Å². The molecule has 0 fully saturated rings. The van der Waals surface area contributed by atoms with E-state index in [1.165, 1.54) is 38.4 Å². The van der Waals surface area contributed by atoms with Crippen molar-refractivity contribution < 1.29 is 27.5 Å². The number of carbonyl (C=O) groups excluding carboxylic acids is 2. The molecule has 0 radical (unpaired) electrons. The molecule has 1 N–H and O–H groups in total. The summed E-state index contributed by atoms with van der Waals surface area (Å²) in [4.78, 5) is 23.8. The highest BCUT2D eigenvalue weighted by Crippen LogP contribution is 2.18. The lowest BCUT2D eigenvalue weighted by atomic mass is 10.2. The highest BCUT2D eigenvalue weighted by Gasteiger charge is 2.17. The zero-order chi connectivity index (χ0) is 22.1. The average Bonchev–Trinajstić information content (AvgIpc) is 2.72. The fourth-order valence-corrected chi connectivity index (χ4v) is 3.28. The smallest absolute Gasteiger partial charge is 0.331 e. The van der Waals surface area contributed by atoms with E-state index < -0.39 is 28.5 Å². The van der Waals surface area contributed by atoms with Crippen molar-refractivity contribution in [2.45, 2.75) is 11.8 Å². The summed E-state index contributed by atoms with van der Waals surface area (Å²) in [6.45, 7) is 1.96. The van der Waals surface area contributed by atoms with E-state index in [9.17, 15) is 18.0 Å². The molecule has 8 nitrogen and oxygen atoms in total. The minimum atomic E-state index is -3.62. The molecule has 0 spiro atoms. The van der Waals surface area contributed by atoms with Crippen LogP contribution in [0.5, 0.6) is 5.75 Å². The summed E-state index contributed by atoms with van der Waals surface area (Å²) in [6.07, 6.45) is 2.78. The molecular formula is C21H24N2O6S. The van der Waals surface area contributed by atoms with Crippen molar-refractivity contribution in [2.24, 2.45) is 0 Å². The van der Waals surface area contributed by atoms with Crippen LogP contribution in [0.3, 0.4) is 0 Å². The molecule has 2 aromatic rings. The van der Waals surface area contributed by atoms with E-state index in [4.69, 9.17) is 9.47 Å². The highest BCUT2D eigenvalue weighted by atomic mass is 32.2. The molecule has 1 amide bonds. The molecule has 0 unspecified atom stereocenters. The second kappa shape index (κ2) is 10.6. The van der Waals surface area contributed by atoms with Crippen LogP contribution in [0.4, 0.5) is 5.69 Å².